The van der Waals surface area contributed by atoms with Gasteiger partial charge in [-0.1, -0.05) is 91.0 Å². The quantitative estimate of drug-likeness (QED) is 0.184. The van der Waals surface area contributed by atoms with Crippen LogP contribution < -0.4 is 0 Å². The van der Waals surface area contributed by atoms with Gasteiger partial charge in [0, 0.05) is 6.61 Å². The van der Waals surface area contributed by atoms with Crippen molar-refractivity contribution in [1.82, 2.24) is 0 Å². The predicted octanol–water partition coefficient (Wildman–Crippen LogP) is 6.93. The molecule has 32 heavy (non-hydrogen) atoms. The van der Waals surface area contributed by atoms with Crippen molar-refractivity contribution in [2.24, 2.45) is 0 Å². The van der Waals surface area contributed by atoms with E-state index in [-0.39, 0.29) is 13.2 Å². The molecule has 0 radical (unpaired) electrons. The average Bonchev–Trinajstić information content (AvgIpc) is 2.85. The zero-order valence-electron chi connectivity index (χ0n) is 18.3. The van der Waals surface area contributed by atoms with Crippen molar-refractivity contribution in [3.8, 4) is 0 Å². The van der Waals surface area contributed by atoms with Crippen molar-refractivity contribution in [3.05, 3.63) is 108 Å². The molecule has 0 aromatic heterocycles. The summed E-state index contributed by atoms with van der Waals surface area (Å²) in [7, 11) is -3.68. The van der Waals surface area contributed by atoms with Gasteiger partial charge in [-0.3, -0.25) is 13.6 Å². The molecule has 0 spiro atoms. The second-order valence-electron chi connectivity index (χ2n) is 7.40. The fourth-order valence-corrected chi connectivity index (χ4v) is 4.18. The third-order valence-electron chi connectivity index (χ3n) is 4.76. The summed E-state index contributed by atoms with van der Waals surface area (Å²) in [5.41, 5.74) is 2.99. The lowest BCUT2D eigenvalue weighted by Crippen LogP contribution is -2.03. The number of unbranched alkanes of at least 4 members (excludes halogenated alkanes) is 2. The number of hydrogen-bond donors (Lipinski definition) is 0. The average molecular weight is 455 g/mol. The van der Waals surface area contributed by atoms with Crippen LogP contribution in [-0.2, 0) is 42.7 Å². The van der Waals surface area contributed by atoms with Gasteiger partial charge in [-0.25, -0.2) is 4.57 Å². The van der Waals surface area contributed by atoms with Crippen LogP contribution in [0.25, 0.3) is 0 Å². The van der Waals surface area contributed by atoms with Crippen LogP contribution in [0.15, 0.2) is 91.0 Å². The molecular formula is C26H31O5P. The number of benzene rings is 3. The third-order valence-corrected chi connectivity index (χ3v) is 6.15. The lowest BCUT2D eigenvalue weighted by Gasteiger charge is -2.18. The van der Waals surface area contributed by atoms with Crippen molar-refractivity contribution in [2.75, 3.05) is 13.2 Å². The summed E-state index contributed by atoms with van der Waals surface area (Å²) in [5, 5.41) is 0. The molecule has 0 N–H and O–H groups in total. The Bertz CT molecular complexity index is 871. The number of phosphoric acid groups is 1. The smallest absolute Gasteiger partial charge is 0.377 e. The first kappa shape index (κ1) is 24.4. The third kappa shape index (κ3) is 9.47. The molecule has 0 aliphatic carbocycles. The summed E-state index contributed by atoms with van der Waals surface area (Å²) in [6, 6.07) is 29.3. The predicted molar refractivity (Wildman–Crippen MR) is 126 cm³/mol. The molecule has 0 atom stereocenters. The first-order valence-corrected chi connectivity index (χ1v) is 12.4. The van der Waals surface area contributed by atoms with Crippen molar-refractivity contribution in [2.45, 2.75) is 39.1 Å². The van der Waals surface area contributed by atoms with Crippen LogP contribution in [0.5, 0.6) is 0 Å². The molecule has 0 bridgehead atoms. The second kappa shape index (κ2) is 14.0. The maximum absolute atomic E-state index is 13.2. The van der Waals surface area contributed by atoms with E-state index >= 15 is 0 Å². The molecule has 0 aliphatic heterocycles. The maximum atomic E-state index is 13.2. The molecule has 3 aromatic carbocycles. The van der Waals surface area contributed by atoms with Crippen LogP contribution in [0, 0.1) is 0 Å². The summed E-state index contributed by atoms with van der Waals surface area (Å²) in [4.78, 5) is 0. The number of hydrogen-bond acceptors (Lipinski definition) is 5. The van der Waals surface area contributed by atoms with Crippen LogP contribution in [0.2, 0.25) is 0 Å². The molecule has 0 saturated heterocycles. The van der Waals surface area contributed by atoms with E-state index in [0.717, 1.165) is 30.4 Å². The number of rotatable bonds is 15. The Morgan fingerprint density at radius 3 is 1.44 bits per heavy atom. The van der Waals surface area contributed by atoms with Crippen molar-refractivity contribution in [1.29, 1.82) is 0 Å². The van der Waals surface area contributed by atoms with E-state index in [1.54, 1.807) is 0 Å². The van der Waals surface area contributed by atoms with E-state index in [2.05, 4.69) is 12.1 Å². The van der Waals surface area contributed by atoms with Crippen molar-refractivity contribution < 1.29 is 22.9 Å². The highest BCUT2D eigenvalue weighted by Crippen LogP contribution is 2.51. The molecule has 0 heterocycles. The highest BCUT2D eigenvalue weighted by molar-refractivity contribution is 7.48. The zero-order valence-corrected chi connectivity index (χ0v) is 19.2. The summed E-state index contributed by atoms with van der Waals surface area (Å²) < 4.78 is 35.7. The van der Waals surface area contributed by atoms with Crippen LogP contribution in [0.4, 0.5) is 0 Å². The fourth-order valence-electron chi connectivity index (χ4n) is 2.99. The Hall–Kier alpha value is -2.27. The van der Waals surface area contributed by atoms with E-state index in [4.69, 9.17) is 18.3 Å². The van der Waals surface area contributed by atoms with E-state index in [1.807, 2.05) is 78.9 Å². The minimum absolute atomic E-state index is 0.167. The molecule has 0 fully saturated rings. The van der Waals surface area contributed by atoms with E-state index < -0.39 is 7.82 Å². The summed E-state index contributed by atoms with van der Waals surface area (Å²) in [6.07, 6.45) is 2.57. The number of phosphoric ester groups is 1. The Morgan fingerprint density at radius 2 is 0.938 bits per heavy atom. The highest BCUT2D eigenvalue weighted by Gasteiger charge is 2.26. The Kier molecular flexibility index (Phi) is 10.7. The Labute approximate surface area is 190 Å². The molecule has 0 amide bonds. The molecule has 3 rings (SSSR count). The van der Waals surface area contributed by atoms with Gasteiger partial charge in [-0.2, -0.15) is 0 Å². The summed E-state index contributed by atoms with van der Waals surface area (Å²) >= 11 is 0. The molecule has 6 heteroatoms. The topological polar surface area (TPSA) is 54.0 Å². The normalized spacial score (nSPS) is 11.5. The number of ether oxygens (including phenoxy) is 1. The van der Waals surface area contributed by atoms with Gasteiger partial charge in [0.05, 0.1) is 26.4 Å². The van der Waals surface area contributed by atoms with Gasteiger partial charge < -0.3 is 4.74 Å². The lowest BCUT2D eigenvalue weighted by molar-refractivity contribution is 0.0975. The minimum atomic E-state index is -3.68. The second-order valence-corrected chi connectivity index (χ2v) is 9.07. The largest absolute Gasteiger partial charge is 0.475 e. The first-order chi connectivity index (χ1) is 15.7. The summed E-state index contributed by atoms with van der Waals surface area (Å²) in [6.45, 7) is 1.94. The van der Waals surface area contributed by atoms with Crippen LogP contribution >= 0.6 is 7.82 Å². The molecule has 0 aliphatic rings. The lowest BCUT2D eigenvalue weighted by atomic mass is 10.2. The van der Waals surface area contributed by atoms with E-state index in [0.29, 0.717) is 19.8 Å². The molecular weight excluding hydrogens is 423 g/mol. The fraction of sp³-hybridized carbons (Fsp3) is 0.308. The highest BCUT2D eigenvalue weighted by atomic mass is 31.2. The van der Waals surface area contributed by atoms with Crippen LogP contribution in [-0.4, -0.2) is 13.2 Å². The van der Waals surface area contributed by atoms with Gasteiger partial charge in [0.25, 0.3) is 0 Å². The van der Waals surface area contributed by atoms with E-state index in [9.17, 15) is 4.57 Å². The Balaban J connectivity index is 1.38. The standard InChI is InChI=1S/C26H31O5P/c27-32(30-22-25-15-7-2-8-16-25,31-23-26-17-9-3-10-18-26)29-20-12-4-11-19-28-21-24-13-5-1-6-14-24/h1-3,5-10,13-18H,4,11-12,19-23H2. The van der Waals surface area contributed by atoms with Crippen LogP contribution in [0.1, 0.15) is 36.0 Å². The minimum Gasteiger partial charge on any atom is -0.377 e. The molecule has 5 nitrogen and oxygen atoms in total. The van der Waals surface area contributed by atoms with Crippen molar-refractivity contribution in [3.63, 3.8) is 0 Å². The van der Waals surface area contributed by atoms with Gasteiger partial charge in [0.1, 0.15) is 0 Å². The molecule has 170 valence electrons. The van der Waals surface area contributed by atoms with Gasteiger partial charge in [-0.15, -0.1) is 0 Å². The SMILES string of the molecule is O=P(OCCCCCOCc1ccccc1)(OCc1ccccc1)OCc1ccccc1. The van der Waals surface area contributed by atoms with E-state index in [1.165, 1.54) is 5.56 Å². The first-order valence-electron chi connectivity index (χ1n) is 11.0. The molecule has 3 aromatic rings. The zero-order chi connectivity index (χ0) is 22.3. The summed E-state index contributed by atoms with van der Waals surface area (Å²) in [5.74, 6) is 0. The van der Waals surface area contributed by atoms with Gasteiger partial charge in [0.2, 0.25) is 0 Å². The Morgan fingerprint density at radius 1 is 0.500 bits per heavy atom. The van der Waals surface area contributed by atoms with Gasteiger partial charge in [0.15, 0.2) is 0 Å². The monoisotopic (exact) mass is 454 g/mol. The molecule has 0 unspecified atom stereocenters. The maximum Gasteiger partial charge on any atom is 0.475 e. The van der Waals surface area contributed by atoms with Gasteiger partial charge >= 0.3 is 7.82 Å². The van der Waals surface area contributed by atoms with Gasteiger partial charge in [-0.05, 0) is 36.0 Å². The molecule has 0 saturated carbocycles. The van der Waals surface area contributed by atoms with Crippen molar-refractivity contribution >= 4 is 7.82 Å². The van der Waals surface area contributed by atoms with Crippen LogP contribution in [0.3, 0.4) is 0 Å².